The van der Waals surface area contributed by atoms with Crippen LogP contribution >= 0.6 is 0 Å². The molecular formula is C48H29N3O. The lowest BCUT2D eigenvalue weighted by Crippen LogP contribution is -1.97. The minimum absolute atomic E-state index is 0.663. The van der Waals surface area contributed by atoms with Gasteiger partial charge in [-0.2, -0.15) is 0 Å². The molecule has 3 aromatic heterocycles. The zero-order valence-electron chi connectivity index (χ0n) is 28.0. The summed E-state index contributed by atoms with van der Waals surface area (Å²) in [7, 11) is 0. The molecule has 0 N–H and O–H groups in total. The number of hydrogen-bond acceptors (Lipinski definition) is 3. The fourth-order valence-corrected chi connectivity index (χ4v) is 7.83. The van der Waals surface area contributed by atoms with Crippen LogP contribution in [0.4, 0.5) is 0 Å². The normalized spacial score (nSPS) is 11.8. The van der Waals surface area contributed by atoms with Crippen molar-refractivity contribution in [1.29, 1.82) is 0 Å². The van der Waals surface area contributed by atoms with Crippen molar-refractivity contribution >= 4 is 65.4 Å². The summed E-state index contributed by atoms with van der Waals surface area (Å²) in [5.74, 6) is 0.663. The molecule has 0 bridgehead atoms. The molecule has 0 unspecified atom stereocenters. The Labute approximate surface area is 298 Å². The van der Waals surface area contributed by atoms with Crippen LogP contribution in [0.15, 0.2) is 180 Å². The second kappa shape index (κ2) is 11.2. The van der Waals surface area contributed by atoms with Crippen LogP contribution in [0.3, 0.4) is 0 Å². The minimum atomic E-state index is 0.663. The van der Waals surface area contributed by atoms with E-state index < -0.39 is 0 Å². The molecule has 52 heavy (non-hydrogen) atoms. The average Bonchev–Trinajstić information content (AvgIpc) is 3.74. The maximum Gasteiger partial charge on any atom is 0.180 e. The Morgan fingerprint density at radius 3 is 1.96 bits per heavy atom. The zero-order chi connectivity index (χ0) is 34.2. The first-order chi connectivity index (χ1) is 25.7. The van der Waals surface area contributed by atoms with E-state index in [-0.39, 0.29) is 0 Å². The molecule has 11 rings (SSSR count). The van der Waals surface area contributed by atoms with Crippen LogP contribution in [0.1, 0.15) is 0 Å². The van der Waals surface area contributed by atoms with E-state index in [1.54, 1.807) is 0 Å². The van der Waals surface area contributed by atoms with Crippen LogP contribution < -0.4 is 0 Å². The fourth-order valence-electron chi connectivity index (χ4n) is 7.83. The summed E-state index contributed by atoms with van der Waals surface area (Å²) in [6, 6.07) is 62.2. The molecule has 0 spiro atoms. The van der Waals surface area contributed by atoms with Crippen LogP contribution in [-0.2, 0) is 0 Å². The van der Waals surface area contributed by atoms with Crippen molar-refractivity contribution in [2.75, 3.05) is 0 Å². The molecule has 0 radical (unpaired) electrons. The lowest BCUT2D eigenvalue weighted by molar-refractivity contribution is 0.667. The van der Waals surface area contributed by atoms with Gasteiger partial charge in [-0.1, -0.05) is 127 Å². The Kier molecular flexibility index (Phi) is 6.22. The number of nitrogens with zero attached hydrogens (tertiary/aromatic N) is 3. The monoisotopic (exact) mass is 663 g/mol. The molecular weight excluding hydrogens is 635 g/mol. The van der Waals surface area contributed by atoms with Gasteiger partial charge in [-0.15, -0.1) is 0 Å². The van der Waals surface area contributed by atoms with E-state index in [1.165, 1.54) is 37.8 Å². The highest BCUT2D eigenvalue weighted by Gasteiger charge is 2.20. The van der Waals surface area contributed by atoms with Gasteiger partial charge in [-0.05, 0) is 81.2 Å². The number of furan rings is 1. The van der Waals surface area contributed by atoms with E-state index >= 15 is 0 Å². The summed E-state index contributed by atoms with van der Waals surface area (Å²) < 4.78 is 9.04. The van der Waals surface area contributed by atoms with Crippen molar-refractivity contribution < 1.29 is 4.42 Å². The molecule has 0 saturated carbocycles. The molecule has 0 saturated heterocycles. The van der Waals surface area contributed by atoms with Crippen molar-refractivity contribution in [2.45, 2.75) is 0 Å². The molecule has 242 valence electrons. The molecule has 8 aromatic carbocycles. The minimum Gasteiger partial charge on any atom is -0.452 e. The lowest BCUT2D eigenvalue weighted by atomic mass is 10.00. The number of hydrogen-bond donors (Lipinski definition) is 0. The summed E-state index contributed by atoms with van der Waals surface area (Å²) in [5.41, 5.74) is 10.6. The van der Waals surface area contributed by atoms with E-state index in [0.29, 0.717) is 11.4 Å². The first kappa shape index (κ1) is 28.8. The van der Waals surface area contributed by atoms with Gasteiger partial charge in [0.2, 0.25) is 0 Å². The highest BCUT2D eigenvalue weighted by Crippen LogP contribution is 2.40. The quantitative estimate of drug-likeness (QED) is 0.188. The first-order valence-corrected chi connectivity index (χ1v) is 17.6. The summed E-state index contributed by atoms with van der Waals surface area (Å²) in [6.45, 7) is 0. The average molecular weight is 664 g/mol. The van der Waals surface area contributed by atoms with Gasteiger partial charge < -0.3 is 8.98 Å². The van der Waals surface area contributed by atoms with Crippen LogP contribution in [0, 0.1) is 0 Å². The first-order valence-electron chi connectivity index (χ1n) is 17.6. The zero-order valence-corrected chi connectivity index (χ0v) is 28.0. The van der Waals surface area contributed by atoms with E-state index in [0.717, 1.165) is 55.6 Å². The SMILES string of the molecule is c1ccc(-c2nc(-c3cccc(-n4c5ccccc5c5cc6ccccc6cc54)c3)c3oc4ccc(-c5ccc6ccccc6c5)cc4c3n2)cc1. The van der Waals surface area contributed by atoms with Crippen LogP contribution in [0.5, 0.6) is 0 Å². The highest BCUT2D eigenvalue weighted by atomic mass is 16.3. The number of aromatic nitrogens is 3. The van der Waals surface area contributed by atoms with Crippen LogP contribution in [0.25, 0.3) is 105 Å². The molecule has 0 aliphatic rings. The topological polar surface area (TPSA) is 43.9 Å². The van der Waals surface area contributed by atoms with Crippen molar-refractivity contribution in [3.63, 3.8) is 0 Å². The third kappa shape index (κ3) is 4.48. The van der Waals surface area contributed by atoms with Crippen LogP contribution in [-0.4, -0.2) is 14.5 Å². The largest absolute Gasteiger partial charge is 0.452 e. The Morgan fingerprint density at radius 1 is 0.404 bits per heavy atom. The number of rotatable bonds is 4. The number of benzene rings is 8. The van der Waals surface area contributed by atoms with Crippen molar-refractivity contribution in [1.82, 2.24) is 14.5 Å². The highest BCUT2D eigenvalue weighted by molar-refractivity contribution is 6.14. The Balaban J connectivity index is 1.14. The van der Waals surface area contributed by atoms with Gasteiger partial charge in [0.25, 0.3) is 0 Å². The van der Waals surface area contributed by atoms with Gasteiger partial charge in [0.15, 0.2) is 11.4 Å². The second-order valence-electron chi connectivity index (χ2n) is 13.4. The predicted octanol–water partition coefficient (Wildman–Crippen LogP) is 12.8. The van der Waals surface area contributed by atoms with E-state index in [1.807, 2.05) is 18.2 Å². The maximum atomic E-state index is 6.68. The molecule has 11 aromatic rings. The van der Waals surface area contributed by atoms with Gasteiger partial charge in [-0.3, -0.25) is 0 Å². The van der Waals surface area contributed by atoms with Crippen molar-refractivity contribution in [3.8, 4) is 39.5 Å². The van der Waals surface area contributed by atoms with Gasteiger partial charge in [-0.25, -0.2) is 9.97 Å². The fraction of sp³-hybridized carbons (Fsp3) is 0. The van der Waals surface area contributed by atoms with E-state index in [4.69, 9.17) is 14.4 Å². The molecule has 4 nitrogen and oxygen atoms in total. The summed E-state index contributed by atoms with van der Waals surface area (Å²) in [4.78, 5) is 10.4. The van der Waals surface area contributed by atoms with Gasteiger partial charge >= 0.3 is 0 Å². The predicted molar refractivity (Wildman–Crippen MR) is 215 cm³/mol. The molecule has 3 heterocycles. The third-order valence-corrected chi connectivity index (χ3v) is 10.3. The second-order valence-corrected chi connectivity index (χ2v) is 13.4. The summed E-state index contributed by atoms with van der Waals surface area (Å²) >= 11 is 0. The standard InChI is InChI=1S/C48H29N3O/c1-2-12-31(13-3-1)48-49-45(47-46(50-48)41-28-36(23-24-44(41)52-47)35-22-21-30-11-4-5-14-32(30)25-35)37-17-10-18-38(26-37)51-42-20-9-8-19-39(42)40-27-33-15-6-7-16-34(33)29-43(40)51/h1-29H. The van der Waals surface area contributed by atoms with Gasteiger partial charge in [0.05, 0.1) is 11.0 Å². The Morgan fingerprint density at radius 2 is 1.10 bits per heavy atom. The van der Waals surface area contributed by atoms with E-state index in [2.05, 4.69) is 162 Å². The van der Waals surface area contributed by atoms with E-state index in [9.17, 15) is 0 Å². The maximum absolute atomic E-state index is 6.68. The van der Waals surface area contributed by atoms with Gasteiger partial charge in [0.1, 0.15) is 16.8 Å². The molecule has 4 heteroatoms. The molecule has 0 aliphatic heterocycles. The van der Waals surface area contributed by atoms with Gasteiger partial charge in [0, 0.05) is 33.0 Å². The smallest absolute Gasteiger partial charge is 0.180 e. The lowest BCUT2D eigenvalue weighted by Gasteiger charge is -2.11. The molecule has 0 atom stereocenters. The summed E-state index contributed by atoms with van der Waals surface area (Å²) in [6.07, 6.45) is 0. The molecule has 0 fully saturated rings. The molecule has 0 amide bonds. The number of para-hydroxylation sites is 1. The third-order valence-electron chi connectivity index (χ3n) is 10.3. The van der Waals surface area contributed by atoms with Crippen LogP contribution in [0.2, 0.25) is 0 Å². The Bertz CT molecular complexity index is 3190. The number of fused-ring (bicyclic) bond motifs is 8. The van der Waals surface area contributed by atoms with Crippen molar-refractivity contribution in [2.24, 2.45) is 0 Å². The molecule has 0 aliphatic carbocycles. The Hall–Kier alpha value is -7.04. The van der Waals surface area contributed by atoms with Crippen molar-refractivity contribution in [3.05, 3.63) is 176 Å². The summed E-state index contributed by atoms with van der Waals surface area (Å²) in [5, 5.41) is 8.31.